The Morgan fingerprint density at radius 3 is 2.36 bits per heavy atom. The highest BCUT2D eigenvalue weighted by Crippen LogP contribution is 2.31. The van der Waals surface area contributed by atoms with Gasteiger partial charge in [-0.15, -0.1) is 0 Å². The summed E-state index contributed by atoms with van der Waals surface area (Å²) in [5.74, 6) is 0.724. The second-order valence-electron chi connectivity index (χ2n) is 7.26. The fourth-order valence-corrected chi connectivity index (χ4v) is 3.46. The van der Waals surface area contributed by atoms with Gasteiger partial charge in [-0.1, -0.05) is 50.2 Å². The maximum absolute atomic E-state index is 6.48. The molecule has 0 aromatic heterocycles. The van der Waals surface area contributed by atoms with Gasteiger partial charge in [0.1, 0.15) is 0 Å². The SMILES string of the molecule is CC(C)CN1CCN(c2cccc(NCc3ccccc3)c2N)CC1. The number of anilines is 3. The van der Waals surface area contributed by atoms with Crippen molar-refractivity contribution in [3.8, 4) is 0 Å². The topological polar surface area (TPSA) is 44.5 Å². The standard InChI is InChI=1S/C21H30N4/c1-17(2)16-24-11-13-25(14-12-24)20-10-6-9-19(21(20)22)23-15-18-7-4-3-5-8-18/h3-10,17,23H,11-16,22H2,1-2H3. The van der Waals surface area contributed by atoms with Crippen LogP contribution in [0.5, 0.6) is 0 Å². The average Bonchev–Trinajstić information content (AvgIpc) is 2.62. The van der Waals surface area contributed by atoms with Crippen molar-refractivity contribution in [2.24, 2.45) is 5.92 Å². The van der Waals surface area contributed by atoms with Crippen LogP contribution in [0.25, 0.3) is 0 Å². The van der Waals surface area contributed by atoms with Gasteiger partial charge < -0.3 is 16.0 Å². The van der Waals surface area contributed by atoms with Gasteiger partial charge in [-0.3, -0.25) is 4.90 Å². The van der Waals surface area contributed by atoms with Gasteiger partial charge in [0.05, 0.1) is 17.1 Å². The Morgan fingerprint density at radius 1 is 0.960 bits per heavy atom. The van der Waals surface area contributed by atoms with Gasteiger partial charge in [-0.05, 0) is 23.6 Å². The molecule has 1 aliphatic heterocycles. The molecule has 0 atom stereocenters. The second kappa shape index (κ2) is 8.26. The summed E-state index contributed by atoms with van der Waals surface area (Å²) in [6.07, 6.45) is 0. The van der Waals surface area contributed by atoms with Crippen molar-refractivity contribution in [2.45, 2.75) is 20.4 Å². The molecule has 2 aromatic rings. The van der Waals surface area contributed by atoms with E-state index in [1.165, 1.54) is 12.1 Å². The number of nitrogens with one attached hydrogen (secondary N) is 1. The van der Waals surface area contributed by atoms with Gasteiger partial charge in [-0.2, -0.15) is 0 Å². The molecule has 1 aliphatic rings. The molecular weight excluding hydrogens is 308 g/mol. The molecule has 3 N–H and O–H groups in total. The molecule has 1 fully saturated rings. The molecule has 0 amide bonds. The first-order chi connectivity index (χ1) is 12.1. The minimum Gasteiger partial charge on any atom is -0.395 e. The van der Waals surface area contributed by atoms with Crippen molar-refractivity contribution in [1.29, 1.82) is 0 Å². The van der Waals surface area contributed by atoms with Crippen molar-refractivity contribution in [3.63, 3.8) is 0 Å². The summed E-state index contributed by atoms with van der Waals surface area (Å²) in [6, 6.07) is 16.7. The number of rotatable bonds is 6. The smallest absolute Gasteiger partial charge is 0.0787 e. The van der Waals surface area contributed by atoms with Crippen molar-refractivity contribution >= 4 is 17.1 Å². The van der Waals surface area contributed by atoms with E-state index in [9.17, 15) is 0 Å². The van der Waals surface area contributed by atoms with E-state index in [4.69, 9.17) is 5.73 Å². The number of para-hydroxylation sites is 1. The predicted octanol–water partition coefficient (Wildman–Crippen LogP) is 3.66. The Morgan fingerprint density at radius 2 is 1.68 bits per heavy atom. The lowest BCUT2D eigenvalue weighted by Gasteiger charge is -2.37. The van der Waals surface area contributed by atoms with Gasteiger partial charge >= 0.3 is 0 Å². The van der Waals surface area contributed by atoms with Gasteiger partial charge in [0.2, 0.25) is 0 Å². The van der Waals surface area contributed by atoms with Gasteiger partial charge in [-0.25, -0.2) is 0 Å². The predicted molar refractivity (Wildman–Crippen MR) is 108 cm³/mol. The number of nitrogen functional groups attached to an aromatic ring is 1. The number of benzene rings is 2. The van der Waals surface area contributed by atoms with Crippen LogP contribution in [0, 0.1) is 5.92 Å². The first-order valence-corrected chi connectivity index (χ1v) is 9.27. The highest BCUT2D eigenvalue weighted by atomic mass is 15.3. The van der Waals surface area contributed by atoms with Crippen molar-refractivity contribution < 1.29 is 0 Å². The minimum absolute atomic E-state index is 0.724. The summed E-state index contributed by atoms with van der Waals surface area (Å²) in [5.41, 5.74) is 10.8. The second-order valence-corrected chi connectivity index (χ2v) is 7.26. The van der Waals surface area contributed by atoms with Crippen LogP contribution in [0.15, 0.2) is 48.5 Å². The summed E-state index contributed by atoms with van der Waals surface area (Å²) < 4.78 is 0. The first kappa shape index (κ1) is 17.6. The molecule has 0 aliphatic carbocycles. The van der Waals surface area contributed by atoms with Crippen LogP contribution in [0.1, 0.15) is 19.4 Å². The molecule has 0 spiro atoms. The summed E-state index contributed by atoms with van der Waals surface area (Å²) in [4.78, 5) is 4.97. The highest BCUT2D eigenvalue weighted by molar-refractivity contribution is 5.81. The fourth-order valence-electron chi connectivity index (χ4n) is 3.46. The van der Waals surface area contributed by atoms with E-state index in [0.717, 1.165) is 55.7 Å². The Balaban J connectivity index is 1.63. The van der Waals surface area contributed by atoms with Gasteiger partial charge in [0.15, 0.2) is 0 Å². The molecule has 2 aromatic carbocycles. The van der Waals surface area contributed by atoms with E-state index < -0.39 is 0 Å². The van der Waals surface area contributed by atoms with Crippen LogP contribution < -0.4 is 16.0 Å². The number of piperazine rings is 1. The minimum atomic E-state index is 0.724. The zero-order valence-electron chi connectivity index (χ0n) is 15.4. The molecule has 134 valence electrons. The number of hydrogen-bond acceptors (Lipinski definition) is 4. The van der Waals surface area contributed by atoms with Crippen LogP contribution in [-0.4, -0.2) is 37.6 Å². The Kier molecular flexibility index (Phi) is 5.82. The van der Waals surface area contributed by atoms with E-state index >= 15 is 0 Å². The lowest BCUT2D eigenvalue weighted by molar-refractivity contribution is 0.231. The largest absolute Gasteiger partial charge is 0.395 e. The van der Waals surface area contributed by atoms with Crippen LogP contribution >= 0.6 is 0 Å². The third kappa shape index (κ3) is 4.67. The van der Waals surface area contributed by atoms with E-state index in [-0.39, 0.29) is 0 Å². The normalized spacial score (nSPS) is 15.6. The maximum Gasteiger partial charge on any atom is 0.0787 e. The summed E-state index contributed by atoms with van der Waals surface area (Å²) in [5, 5.41) is 3.48. The first-order valence-electron chi connectivity index (χ1n) is 9.27. The van der Waals surface area contributed by atoms with Crippen LogP contribution in [-0.2, 0) is 6.54 Å². The summed E-state index contributed by atoms with van der Waals surface area (Å²) >= 11 is 0. The molecular formula is C21H30N4. The molecule has 0 bridgehead atoms. The zero-order valence-corrected chi connectivity index (χ0v) is 15.4. The molecule has 3 rings (SSSR count). The summed E-state index contributed by atoms with van der Waals surface area (Å²) in [7, 11) is 0. The zero-order chi connectivity index (χ0) is 17.6. The van der Waals surface area contributed by atoms with Gasteiger partial charge in [0.25, 0.3) is 0 Å². The van der Waals surface area contributed by atoms with Crippen molar-refractivity contribution in [2.75, 3.05) is 48.7 Å². The van der Waals surface area contributed by atoms with Crippen molar-refractivity contribution in [3.05, 3.63) is 54.1 Å². The van der Waals surface area contributed by atoms with Crippen LogP contribution in [0.4, 0.5) is 17.1 Å². The monoisotopic (exact) mass is 338 g/mol. The van der Waals surface area contributed by atoms with Gasteiger partial charge in [0, 0.05) is 39.3 Å². The van der Waals surface area contributed by atoms with Crippen LogP contribution in [0.2, 0.25) is 0 Å². The summed E-state index contributed by atoms with van der Waals surface area (Å²) in [6.45, 7) is 10.8. The molecule has 1 saturated heterocycles. The van der Waals surface area contributed by atoms with E-state index in [1.54, 1.807) is 0 Å². The molecule has 0 radical (unpaired) electrons. The third-order valence-electron chi connectivity index (χ3n) is 4.75. The van der Waals surface area contributed by atoms with Crippen molar-refractivity contribution in [1.82, 2.24) is 4.90 Å². The third-order valence-corrected chi connectivity index (χ3v) is 4.75. The molecule has 1 heterocycles. The maximum atomic E-state index is 6.48. The molecule has 4 heteroatoms. The van der Waals surface area contributed by atoms with E-state index in [0.29, 0.717) is 0 Å². The molecule has 4 nitrogen and oxygen atoms in total. The lowest BCUT2D eigenvalue weighted by Crippen LogP contribution is -2.47. The average molecular weight is 338 g/mol. The quantitative estimate of drug-likeness (QED) is 0.789. The molecule has 0 saturated carbocycles. The highest BCUT2D eigenvalue weighted by Gasteiger charge is 2.20. The molecule has 0 unspecified atom stereocenters. The number of nitrogens with two attached hydrogens (primary N) is 1. The number of hydrogen-bond donors (Lipinski definition) is 2. The lowest BCUT2D eigenvalue weighted by atomic mass is 10.1. The number of nitrogens with zero attached hydrogens (tertiary/aromatic N) is 2. The fraction of sp³-hybridized carbons (Fsp3) is 0.429. The van der Waals surface area contributed by atoms with E-state index in [2.05, 4.69) is 71.4 Å². The molecule has 25 heavy (non-hydrogen) atoms. The Hall–Kier alpha value is -2.20. The Bertz CT molecular complexity index is 661. The Labute approximate surface area is 151 Å². The van der Waals surface area contributed by atoms with E-state index in [1.807, 2.05) is 6.07 Å². The van der Waals surface area contributed by atoms with Crippen LogP contribution in [0.3, 0.4) is 0 Å².